The summed E-state index contributed by atoms with van der Waals surface area (Å²) in [7, 11) is 5.67. The molecule has 2 aromatic heterocycles. The molecule has 0 radical (unpaired) electrons. The largest absolute Gasteiger partial charge is 0.392 e. The molecule has 3 aliphatic rings. The fourth-order valence-corrected chi connectivity index (χ4v) is 6.50. The van der Waals surface area contributed by atoms with Crippen molar-refractivity contribution in [3.8, 4) is 11.1 Å². The molecule has 0 unspecified atom stereocenters. The SMILES string of the molecule is CN(C)c1ccc2c(c1)CCN(c1cccc(-c3cc(Nc4ccc(N5CC6(COC6)C5)cn4)c(=O)n(C)c3)c1CO)C2=O. The molecule has 4 aromatic rings. The van der Waals surface area contributed by atoms with Gasteiger partial charge in [-0.15, -0.1) is 0 Å². The number of pyridine rings is 2. The summed E-state index contributed by atoms with van der Waals surface area (Å²) in [4.78, 5) is 37.4. The minimum atomic E-state index is -0.264. The van der Waals surface area contributed by atoms with Gasteiger partial charge in [0, 0.05) is 69.4 Å². The molecule has 10 heteroatoms. The molecule has 0 bridgehead atoms. The first kappa shape index (κ1) is 28.1. The van der Waals surface area contributed by atoms with E-state index < -0.39 is 0 Å². The number of carbonyl (C=O) groups excluding carboxylic acids is 1. The number of fused-ring (bicyclic) bond motifs is 1. The van der Waals surface area contributed by atoms with Crippen molar-refractivity contribution in [3.05, 3.63) is 94.0 Å². The van der Waals surface area contributed by atoms with Gasteiger partial charge < -0.3 is 34.4 Å². The number of aliphatic hydroxyl groups is 1. The van der Waals surface area contributed by atoms with E-state index >= 15 is 0 Å². The average molecular weight is 593 g/mol. The van der Waals surface area contributed by atoms with Crippen LogP contribution in [0.5, 0.6) is 0 Å². The number of aryl methyl sites for hydroxylation is 1. The van der Waals surface area contributed by atoms with Gasteiger partial charge in [-0.05, 0) is 60.0 Å². The lowest BCUT2D eigenvalue weighted by Crippen LogP contribution is -2.66. The fraction of sp³-hybridized carbons (Fsp3) is 0.324. The van der Waals surface area contributed by atoms with Crippen LogP contribution in [0.15, 0.2) is 71.8 Å². The molecule has 2 saturated heterocycles. The van der Waals surface area contributed by atoms with Gasteiger partial charge in [0.2, 0.25) is 0 Å². The summed E-state index contributed by atoms with van der Waals surface area (Å²) >= 11 is 0. The zero-order valence-corrected chi connectivity index (χ0v) is 25.2. The molecule has 10 nitrogen and oxygen atoms in total. The molecule has 2 aromatic carbocycles. The normalized spacial score (nSPS) is 16.8. The van der Waals surface area contributed by atoms with E-state index in [9.17, 15) is 14.7 Å². The number of amides is 1. The Kier molecular flexibility index (Phi) is 6.90. The molecule has 2 N–H and O–H groups in total. The van der Waals surface area contributed by atoms with Crippen molar-refractivity contribution in [1.29, 1.82) is 0 Å². The van der Waals surface area contributed by atoms with Gasteiger partial charge in [-0.2, -0.15) is 0 Å². The molecule has 1 spiro atoms. The highest BCUT2D eigenvalue weighted by molar-refractivity contribution is 6.09. The summed E-state index contributed by atoms with van der Waals surface area (Å²) < 4.78 is 6.89. The topological polar surface area (TPSA) is 103 Å². The van der Waals surface area contributed by atoms with Gasteiger partial charge in [-0.3, -0.25) is 9.59 Å². The van der Waals surface area contributed by atoms with Crippen LogP contribution in [-0.2, 0) is 24.8 Å². The van der Waals surface area contributed by atoms with E-state index in [2.05, 4.69) is 21.3 Å². The number of hydrogen-bond donors (Lipinski definition) is 2. The van der Waals surface area contributed by atoms with Gasteiger partial charge in [0.1, 0.15) is 11.5 Å². The van der Waals surface area contributed by atoms with Gasteiger partial charge >= 0.3 is 0 Å². The zero-order valence-electron chi connectivity index (χ0n) is 25.2. The number of aliphatic hydroxyl groups excluding tert-OH is 1. The monoisotopic (exact) mass is 592 g/mol. The van der Waals surface area contributed by atoms with Crippen molar-refractivity contribution in [2.45, 2.75) is 13.0 Å². The highest BCUT2D eigenvalue weighted by Gasteiger charge is 2.49. The Hall–Kier alpha value is -4.67. The van der Waals surface area contributed by atoms with Crippen LogP contribution in [0.25, 0.3) is 11.1 Å². The second-order valence-electron chi connectivity index (χ2n) is 12.3. The molecular formula is C34H36N6O4. The Balaban J connectivity index is 1.16. The minimum absolute atomic E-state index is 0.0878. The van der Waals surface area contributed by atoms with Crippen molar-refractivity contribution in [3.63, 3.8) is 0 Å². The van der Waals surface area contributed by atoms with Crippen LogP contribution in [0.3, 0.4) is 0 Å². The lowest BCUT2D eigenvalue weighted by molar-refractivity contribution is -0.127. The number of hydrogen-bond acceptors (Lipinski definition) is 8. The summed E-state index contributed by atoms with van der Waals surface area (Å²) in [6, 6.07) is 17.2. The third-order valence-electron chi connectivity index (χ3n) is 9.02. The predicted molar refractivity (Wildman–Crippen MR) is 172 cm³/mol. The maximum absolute atomic E-state index is 13.7. The molecule has 0 saturated carbocycles. The first-order valence-electron chi connectivity index (χ1n) is 14.9. The van der Waals surface area contributed by atoms with E-state index in [1.807, 2.05) is 67.7 Å². The number of aromatic nitrogens is 2. The molecule has 5 heterocycles. The fourth-order valence-electron chi connectivity index (χ4n) is 6.50. The summed E-state index contributed by atoms with van der Waals surface area (Å²) in [6.07, 6.45) is 4.29. The third kappa shape index (κ3) is 4.80. The molecule has 0 aliphatic carbocycles. The molecule has 44 heavy (non-hydrogen) atoms. The number of ether oxygens (including phenoxy) is 1. The zero-order chi connectivity index (χ0) is 30.6. The van der Waals surface area contributed by atoms with Crippen LogP contribution in [0.1, 0.15) is 21.5 Å². The standard InChI is InChI=1S/C34H36N6O4/c1-37(2)24-7-9-27-22(13-24)11-12-40(32(27)42)30-6-4-5-26(28(30)17-41)23-14-29(33(43)38(3)16-23)36-31-10-8-25(15-35-31)39-18-34(19-39)20-44-21-34/h4-10,13-16,41H,11-12,17-21H2,1-3H3,(H,35,36). The number of benzene rings is 2. The van der Waals surface area contributed by atoms with Crippen molar-refractivity contribution in [2.75, 3.05) is 67.0 Å². The Morgan fingerprint density at radius 1 is 1.05 bits per heavy atom. The molecule has 3 aliphatic heterocycles. The number of anilines is 5. The Morgan fingerprint density at radius 2 is 1.86 bits per heavy atom. The summed E-state index contributed by atoms with van der Waals surface area (Å²) in [5.74, 6) is 0.478. The first-order chi connectivity index (χ1) is 21.2. The average Bonchev–Trinajstić information content (AvgIpc) is 2.98. The van der Waals surface area contributed by atoms with Crippen molar-refractivity contribution in [2.24, 2.45) is 12.5 Å². The molecule has 0 atom stereocenters. The van der Waals surface area contributed by atoms with E-state index in [0.717, 1.165) is 54.4 Å². The third-order valence-corrected chi connectivity index (χ3v) is 9.02. The van der Waals surface area contributed by atoms with Crippen LogP contribution in [0.2, 0.25) is 0 Å². The van der Waals surface area contributed by atoms with Crippen LogP contribution >= 0.6 is 0 Å². The lowest BCUT2D eigenvalue weighted by Gasteiger charge is -2.55. The second-order valence-corrected chi connectivity index (χ2v) is 12.3. The van der Waals surface area contributed by atoms with Crippen LogP contribution < -0.4 is 25.6 Å². The predicted octanol–water partition coefficient (Wildman–Crippen LogP) is 3.79. The number of carbonyl (C=O) groups is 1. The Bertz CT molecular complexity index is 1800. The quantitative estimate of drug-likeness (QED) is 0.334. The molecule has 1 amide bonds. The summed E-state index contributed by atoms with van der Waals surface area (Å²) in [5.41, 5.74) is 7.08. The van der Waals surface area contributed by atoms with Gasteiger partial charge in [-0.25, -0.2) is 4.98 Å². The highest BCUT2D eigenvalue weighted by Crippen LogP contribution is 2.40. The molecule has 2 fully saturated rings. The molecular weight excluding hydrogens is 556 g/mol. The maximum atomic E-state index is 13.7. The van der Waals surface area contributed by atoms with E-state index in [4.69, 9.17) is 4.74 Å². The Labute approximate surface area is 256 Å². The van der Waals surface area contributed by atoms with Gasteiger partial charge in [-0.1, -0.05) is 12.1 Å². The summed E-state index contributed by atoms with van der Waals surface area (Å²) in [6.45, 7) is 3.86. The number of nitrogens with one attached hydrogen (secondary N) is 1. The summed E-state index contributed by atoms with van der Waals surface area (Å²) in [5, 5.41) is 13.8. The molecule has 7 rings (SSSR count). The molecule has 226 valence electrons. The van der Waals surface area contributed by atoms with Gasteiger partial charge in [0.25, 0.3) is 11.5 Å². The van der Waals surface area contributed by atoms with Gasteiger partial charge in [0.15, 0.2) is 0 Å². The Morgan fingerprint density at radius 3 is 2.55 bits per heavy atom. The first-order valence-corrected chi connectivity index (χ1v) is 14.9. The minimum Gasteiger partial charge on any atom is -0.392 e. The highest BCUT2D eigenvalue weighted by atomic mass is 16.5. The van der Waals surface area contributed by atoms with Crippen LogP contribution in [0.4, 0.5) is 28.6 Å². The van der Waals surface area contributed by atoms with E-state index in [1.54, 1.807) is 24.2 Å². The smallest absolute Gasteiger partial charge is 0.274 e. The lowest BCUT2D eigenvalue weighted by atomic mass is 9.78. The second kappa shape index (κ2) is 10.8. The van der Waals surface area contributed by atoms with Crippen LogP contribution in [0, 0.1) is 5.41 Å². The number of rotatable bonds is 7. The van der Waals surface area contributed by atoms with Crippen molar-refractivity contribution in [1.82, 2.24) is 9.55 Å². The van der Waals surface area contributed by atoms with E-state index in [1.165, 1.54) is 4.57 Å². The van der Waals surface area contributed by atoms with Crippen LogP contribution in [-0.4, -0.2) is 67.5 Å². The van der Waals surface area contributed by atoms with Crippen molar-refractivity contribution < 1.29 is 14.6 Å². The van der Waals surface area contributed by atoms with E-state index in [-0.39, 0.29) is 18.1 Å². The van der Waals surface area contributed by atoms with E-state index in [0.29, 0.717) is 46.7 Å². The van der Waals surface area contributed by atoms with Gasteiger partial charge in [0.05, 0.1) is 42.8 Å². The number of nitrogens with zero attached hydrogens (tertiary/aromatic N) is 5. The van der Waals surface area contributed by atoms with Crippen molar-refractivity contribution >= 4 is 34.5 Å². The maximum Gasteiger partial charge on any atom is 0.274 e.